The van der Waals surface area contributed by atoms with Crippen LogP contribution in [0.4, 0.5) is 0 Å². The van der Waals surface area contributed by atoms with E-state index >= 15 is 0 Å². The third-order valence-corrected chi connectivity index (χ3v) is 6.74. The third-order valence-electron chi connectivity index (χ3n) is 6.74. The molecule has 5 nitrogen and oxygen atoms in total. The monoisotopic (exact) mass is 495 g/mol. The molecular weight excluding hydrogens is 462 g/mol. The number of hydrogen-bond acceptors (Lipinski definition) is 4. The fourth-order valence-electron chi connectivity index (χ4n) is 4.78. The topological polar surface area (TPSA) is 59.0 Å². The van der Waals surface area contributed by atoms with E-state index in [0.717, 1.165) is 39.3 Å². The van der Waals surface area contributed by atoms with Crippen LogP contribution in [-0.2, 0) is 11.3 Å². The van der Waals surface area contributed by atoms with E-state index in [1.807, 2.05) is 72.8 Å². The molecule has 4 aromatic carbocycles. The molecule has 4 aromatic rings. The van der Waals surface area contributed by atoms with Gasteiger partial charge in [0.2, 0.25) is 0 Å². The SMILES string of the molecule is COc1ccc(OC)c(-c2cccc([C@H](CC(=O)O)N(Cc3ccccc3)[C@H](C)c3ccccc3)c2)c1. The van der Waals surface area contributed by atoms with E-state index in [4.69, 9.17) is 9.47 Å². The lowest BCUT2D eigenvalue weighted by Crippen LogP contribution is -2.32. The Morgan fingerprint density at radius 2 is 1.49 bits per heavy atom. The molecule has 0 fully saturated rings. The fourth-order valence-corrected chi connectivity index (χ4v) is 4.78. The van der Waals surface area contributed by atoms with E-state index in [2.05, 4.69) is 42.2 Å². The third kappa shape index (κ3) is 6.38. The maximum Gasteiger partial charge on any atom is 0.305 e. The molecule has 0 saturated heterocycles. The molecule has 0 bridgehead atoms. The first-order chi connectivity index (χ1) is 18.0. The van der Waals surface area contributed by atoms with E-state index in [0.29, 0.717) is 6.54 Å². The summed E-state index contributed by atoms with van der Waals surface area (Å²) in [4.78, 5) is 14.5. The van der Waals surface area contributed by atoms with Crippen LogP contribution < -0.4 is 9.47 Å². The highest BCUT2D eigenvalue weighted by atomic mass is 16.5. The van der Waals surface area contributed by atoms with Crippen LogP contribution in [0, 0.1) is 0 Å². The van der Waals surface area contributed by atoms with Crippen LogP contribution >= 0.6 is 0 Å². The summed E-state index contributed by atoms with van der Waals surface area (Å²) >= 11 is 0. The Balaban J connectivity index is 1.81. The second-order valence-electron chi connectivity index (χ2n) is 9.05. The van der Waals surface area contributed by atoms with Crippen LogP contribution in [0.5, 0.6) is 11.5 Å². The Kier molecular flexibility index (Phi) is 8.60. The predicted molar refractivity (Wildman–Crippen MR) is 147 cm³/mol. The van der Waals surface area contributed by atoms with Crippen molar-refractivity contribution in [2.24, 2.45) is 0 Å². The van der Waals surface area contributed by atoms with Crippen LogP contribution in [0.3, 0.4) is 0 Å². The van der Waals surface area contributed by atoms with Crippen LogP contribution in [0.25, 0.3) is 11.1 Å². The maximum atomic E-state index is 12.2. The van der Waals surface area contributed by atoms with Crippen molar-refractivity contribution >= 4 is 5.97 Å². The van der Waals surface area contributed by atoms with E-state index in [1.165, 1.54) is 0 Å². The summed E-state index contributed by atoms with van der Waals surface area (Å²) in [5.74, 6) is 0.617. The minimum atomic E-state index is -0.840. The van der Waals surface area contributed by atoms with Crippen molar-refractivity contribution in [3.05, 3.63) is 120 Å². The van der Waals surface area contributed by atoms with Gasteiger partial charge in [-0.15, -0.1) is 0 Å². The van der Waals surface area contributed by atoms with Gasteiger partial charge in [-0.1, -0.05) is 78.9 Å². The molecule has 0 aliphatic carbocycles. The molecule has 2 atom stereocenters. The fraction of sp³-hybridized carbons (Fsp3) is 0.219. The highest BCUT2D eigenvalue weighted by Gasteiger charge is 2.29. The number of rotatable bonds is 11. The summed E-state index contributed by atoms with van der Waals surface area (Å²) in [5.41, 5.74) is 5.04. The van der Waals surface area contributed by atoms with Gasteiger partial charge in [0.15, 0.2) is 0 Å². The summed E-state index contributed by atoms with van der Waals surface area (Å²) in [7, 11) is 3.28. The van der Waals surface area contributed by atoms with Gasteiger partial charge < -0.3 is 14.6 Å². The number of methoxy groups -OCH3 is 2. The van der Waals surface area contributed by atoms with E-state index < -0.39 is 5.97 Å². The summed E-state index contributed by atoms with van der Waals surface area (Å²) in [6.07, 6.45) is -0.0251. The zero-order valence-corrected chi connectivity index (χ0v) is 21.5. The number of aliphatic carboxylic acids is 1. The van der Waals surface area contributed by atoms with Gasteiger partial charge in [0.05, 0.1) is 20.6 Å². The molecule has 0 aromatic heterocycles. The van der Waals surface area contributed by atoms with Crippen LogP contribution in [-0.4, -0.2) is 30.2 Å². The molecule has 0 aliphatic rings. The van der Waals surface area contributed by atoms with Gasteiger partial charge in [-0.2, -0.15) is 0 Å². The lowest BCUT2D eigenvalue weighted by atomic mass is 9.93. The summed E-state index contributed by atoms with van der Waals surface area (Å²) in [6, 6.07) is 33.8. The van der Waals surface area contributed by atoms with Gasteiger partial charge in [-0.3, -0.25) is 9.69 Å². The Hall–Kier alpha value is -4.09. The van der Waals surface area contributed by atoms with Crippen LogP contribution in [0.2, 0.25) is 0 Å². The average Bonchev–Trinajstić information content (AvgIpc) is 2.95. The van der Waals surface area contributed by atoms with Crippen molar-refractivity contribution in [2.75, 3.05) is 14.2 Å². The Morgan fingerprint density at radius 3 is 2.14 bits per heavy atom. The Morgan fingerprint density at radius 1 is 0.811 bits per heavy atom. The summed E-state index contributed by atoms with van der Waals surface area (Å²) < 4.78 is 11.1. The molecule has 0 unspecified atom stereocenters. The number of carboxylic acids is 1. The molecule has 4 rings (SSSR count). The highest BCUT2D eigenvalue weighted by Crippen LogP contribution is 2.38. The smallest absolute Gasteiger partial charge is 0.305 e. The standard InChI is InChI=1S/C32H33NO4/c1-23(25-13-8-5-9-14-25)33(22-24-11-6-4-7-12-24)30(21-32(34)35)27-16-10-15-26(19-27)29-20-28(36-2)17-18-31(29)37-3/h4-20,23,30H,21-22H2,1-3H3,(H,34,35)/t23-,30+/m1/s1. The number of ether oxygens (including phenoxy) is 2. The van der Waals surface area contributed by atoms with Crippen LogP contribution in [0.1, 0.15) is 42.1 Å². The molecule has 0 radical (unpaired) electrons. The van der Waals surface area contributed by atoms with Gasteiger partial charge >= 0.3 is 5.97 Å². The molecule has 1 N–H and O–H groups in total. The normalized spacial score (nSPS) is 12.6. The van der Waals surface area contributed by atoms with Gasteiger partial charge in [0.1, 0.15) is 11.5 Å². The Bertz CT molecular complexity index is 1310. The second kappa shape index (κ2) is 12.2. The van der Waals surface area contributed by atoms with E-state index in [-0.39, 0.29) is 18.5 Å². The van der Waals surface area contributed by atoms with Crippen molar-refractivity contribution < 1.29 is 19.4 Å². The first-order valence-corrected chi connectivity index (χ1v) is 12.4. The zero-order chi connectivity index (χ0) is 26.2. The molecule has 0 aliphatic heterocycles. The molecular formula is C32H33NO4. The molecule has 0 spiro atoms. The zero-order valence-electron chi connectivity index (χ0n) is 21.5. The van der Waals surface area contributed by atoms with Gasteiger partial charge in [0, 0.05) is 24.2 Å². The Labute approximate surface area is 218 Å². The predicted octanol–water partition coefficient (Wildman–Crippen LogP) is 7.15. The molecule has 37 heavy (non-hydrogen) atoms. The molecule has 190 valence electrons. The number of carboxylic acid groups (broad SMARTS) is 1. The highest BCUT2D eigenvalue weighted by molar-refractivity contribution is 5.73. The first kappa shape index (κ1) is 26.0. The minimum Gasteiger partial charge on any atom is -0.497 e. The lowest BCUT2D eigenvalue weighted by Gasteiger charge is -2.37. The molecule has 5 heteroatoms. The summed E-state index contributed by atoms with van der Waals surface area (Å²) in [5, 5.41) is 9.99. The lowest BCUT2D eigenvalue weighted by molar-refractivity contribution is -0.138. The molecule has 0 saturated carbocycles. The maximum absolute atomic E-state index is 12.2. The second-order valence-corrected chi connectivity index (χ2v) is 9.05. The van der Waals surface area contributed by atoms with Crippen molar-refractivity contribution in [1.29, 1.82) is 0 Å². The molecule has 0 amide bonds. The van der Waals surface area contributed by atoms with Crippen molar-refractivity contribution in [3.63, 3.8) is 0 Å². The largest absolute Gasteiger partial charge is 0.497 e. The number of carbonyl (C=O) groups is 1. The summed E-state index contributed by atoms with van der Waals surface area (Å²) in [6.45, 7) is 2.75. The van der Waals surface area contributed by atoms with Gasteiger partial charge in [-0.05, 0) is 53.4 Å². The van der Waals surface area contributed by atoms with Crippen molar-refractivity contribution in [3.8, 4) is 22.6 Å². The average molecular weight is 496 g/mol. The van der Waals surface area contributed by atoms with Crippen molar-refractivity contribution in [2.45, 2.75) is 32.0 Å². The number of nitrogens with zero attached hydrogens (tertiary/aromatic N) is 1. The van der Waals surface area contributed by atoms with Crippen LogP contribution in [0.15, 0.2) is 103 Å². The van der Waals surface area contributed by atoms with E-state index in [9.17, 15) is 9.90 Å². The van der Waals surface area contributed by atoms with Gasteiger partial charge in [-0.25, -0.2) is 0 Å². The van der Waals surface area contributed by atoms with Gasteiger partial charge in [0.25, 0.3) is 0 Å². The number of hydrogen-bond donors (Lipinski definition) is 1. The van der Waals surface area contributed by atoms with Crippen molar-refractivity contribution in [1.82, 2.24) is 4.90 Å². The number of benzene rings is 4. The molecule has 0 heterocycles. The quantitative estimate of drug-likeness (QED) is 0.239. The van der Waals surface area contributed by atoms with E-state index in [1.54, 1.807) is 14.2 Å². The first-order valence-electron chi connectivity index (χ1n) is 12.4. The minimum absolute atomic E-state index is 0.0132.